The Balaban J connectivity index is 1.97. The van der Waals surface area contributed by atoms with Gasteiger partial charge in [0.05, 0.1) is 18.1 Å². The third-order valence-corrected chi connectivity index (χ3v) is 4.93. The molecule has 1 N–H and O–H groups in total. The first-order chi connectivity index (χ1) is 12.9. The van der Waals surface area contributed by atoms with E-state index in [9.17, 15) is 5.11 Å². The standard InChI is InChI=1S/C24H31NO2/c1-5-19-15-21(20-11-9-18(2)10-12-20)22(26)16-23(19)27-14-8-6-7-13-24(3,4)17-25/h9-12,15-16,26H,5-8,13-14H2,1-4H3. The van der Waals surface area contributed by atoms with E-state index in [0.29, 0.717) is 6.61 Å². The average Bonchev–Trinajstić information content (AvgIpc) is 2.65. The molecule has 0 bridgehead atoms. The van der Waals surface area contributed by atoms with Crippen molar-refractivity contribution in [1.82, 2.24) is 0 Å². The number of hydrogen-bond donors (Lipinski definition) is 1. The lowest BCUT2D eigenvalue weighted by Crippen LogP contribution is -2.07. The Hall–Kier alpha value is -2.47. The summed E-state index contributed by atoms with van der Waals surface area (Å²) in [6.07, 6.45) is 4.79. The summed E-state index contributed by atoms with van der Waals surface area (Å²) >= 11 is 0. The van der Waals surface area contributed by atoms with E-state index in [1.54, 1.807) is 6.07 Å². The fraction of sp³-hybridized carbons (Fsp3) is 0.458. The van der Waals surface area contributed by atoms with Gasteiger partial charge < -0.3 is 9.84 Å². The number of rotatable bonds is 9. The van der Waals surface area contributed by atoms with Gasteiger partial charge in [-0.2, -0.15) is 5.26 Å². The van der Waals surface area contributed by atoms with Crippen molar-refractivity contribution in [3.05, 3.63) is 47.5 Å². The third kappa shape index (κ3) is 6.03. The maximum atomic E-state index is 10.5. The van der Waals surface area contributed by atoms with Crippen molar-refractivity contribution in [2.45, 2.75) is 59.8 Å². The van der Waals surface area contributed by atoms with Gasteiger partial charge in [-0.25, -0.2) is 0 Å². The quantitative estimate of drug-likeness (QED) is 0.522. The van der Waals surface area contributed by atoms with Gasteiger partial charge in [-0.15, -0.1) is 0 Å². The largest absolute Gasteiger partial charge is 0.507 e. The van der Waals surface area contributed by atoms with Gasteiger partial charge in [-0.05, 0) is 57.2 Å². The Morgan fingerprint density at radius 2 is 1.78 bits per heavy atom. The number of hydrogen-bond acceptors (Lipinski definition) is 3. The maximum absolute atomic E-state index is 10.5. The monoisotopic (exact) mass is 365 g/mol. The Morgan fingerprint density at radius 1 is 1.07 bits per heavy atom. The van der Waals surface area contributed by atoms with Crippen LogP contribution in [-0.4, -0.2) is 11.7 Å². The Kier molecular flexibility index (Phi) is 7.30. The van der Waals surface area contributed by atoms with Gasteiger partial charge in [0.25, 0.3) is 0 Å². The van der Waals surface area contributed by atoms with Crippen LogP contribution in [0.2, 0.25) is 0 Å². The molecule has 0 amide bonds. The molecule has 0 atom stereocenters. The van der Waals surface area contributed by atoms with Crippen LogP contribution in [0.3, 0.4) is 0 Å². The topological polar surface area (TPSA) is 53.2 Å². The van der Waals surface area contributed by atoms with Crippen molar-refractivity contribution in [3.8, 4) is 28.7 Å². The first-order valence-electron chi connectivity index (χ1n) is 9.83. The molecule has 3 heteroatoms. The van der Waals surface area contributed by atoms with E-state index in [1.807, 2.05) is 32.0 Å². The predicted molar refractivity (Wildman–Crippen MR) is 111 cm³/mol. The van der Waals surface area contributed by atoms with E-state index < -0.39 is 0 Å². The number of aryl methyl sites for hydroxylation is 2. The van der Waals surface area contributed by atoms with Crippen LogP contribution in [0.15, 0.2) is 36.4 Å². The molecule has 0 heterocycles. The molecule has 144 valence electrons. The van der Waals surface area contributed by atoms with E-state index >= 15 is 0 Å². The van der Waals surface area contributed by atoms with Crippen molar-refractivity contribution in [2.24, 2.45) is 5.41 Å². The van der Waals surface area contributed by atoms with Crippen molar-refractivity contribution in [2.75, 3.05) is 6.61 Å². The Bertz CT molecular complexity index is 785. The molecule has 0 aromatic heterocycles. The molecule has 0 unspecified atom stereocenters. The summed E-state index contributed by atoms with van der Waals surface area (Å²) in [5, 5.41) is 19.5. The summed E-state index contributed by atoms with van der Waals surface area (Å²) in [4.78, 5) is 0. The molecule has 2 rings (SSSR count). The Labute approximate surface area is 163 Å². The van der Waals surface area contributed by atoms with Crippen LogP contribution in [0.4, 0.5) is 0 Å². The highest BCUT2D eigenvalue weighted by Crippen LogP contribution is 2.36. The lowest BCUT2D eigenvalue weighted by Gasteiger charge is -2.16. The van der Waals surface area contributed by atoms with Crippen LogP contribution in [0.1, 0.15) is 57.6 Å². The number of ether oxygens (including phenoxy) is 1. The first kappa shape index (κ1) is 20.8. The smallest absolute Gasteiger partial charge is 0.127 e. The van der Waals surface area contributed by atoms with Crippen molar-refractivity contribution in [3.63, 3.8) is 0 Å². The molecule has 0 aliphatic carbocycles. The minimum absolute atomic E-state index is 0.242. The predicted octanol–water partition coefficient (Wildman–Crippen LogP) is 6.42. The zero-order valence-corrected chi connectivity index (χ0v) is 17.0. The summed E-state index contributed by atoms with van der Waals surface area (Å²) in [6, 6.07) is 14.3. The fourth-order valence-electron chi connectivity index (χ4n) is 3.07. The van der Waals surface area contributed by atoms with Crippen LogP contribution in [-0.2, 0) is 6.42 Å². The average molecular weight is 366 g/mol. The van der Waals surface area contributed by atoms with E-state index in [4.69, 9.17) is 10.00 Å². The minimum atomic E-state index is -0.242. The minimum Gasteiger partial charge on any atom is -0.507 e. The number of nitriles is 1. The second-order valence-corrected chi connectivity index (χ2v) is 7.85. The van der Waals surface area contributed by atoms with Crippen LogP contribution in [0.5, 0.6) is 11.5 Å². The summed E-state index contributed by atoms with van der Waals surface area (Å²) in [6.45, 7) is 8.75. The van der Waals surface area contributed by atoms with E-state index in [1.165, 1.54) is 5.56 Å². The highest BCUT2D eigenvalue weighted by Gasteiger charge is 2.15. The van der Waals surface area contributed by atoms with Gasteiger partial charge >= 0.3 is 0 Å². The lowest BCUT2D eigenvalue weighted by molar-refractivity contribution is 0.296. The summed E-state index contributed by atoms with van der Waals surface area (Å²) in [5.41, 5.74) is 3.92. The molecule has 27 heavy (non-hydrogen) atoms. The summed E-state index contributed by atoms with van der Waals surface area (Å²) in [7, 11) is 0. The molecule has 2 aromatic carbocycles. The molecule has 3 nitrogen and oxygen atoms in total. The molecule has 0 saturated heterocycles. The van der Waals surface area contributed by atoms with E-state index in [0.717, 1.165) is 54.5 Å². The second-order valence-electron chi connectivity index (χ2n) is 7.85. The lowest BCUT2D eigenvalue weighted by atomic mass is 9.89. The van der Waals surface area contributed by atoms with Crippen LogP contribution in [0.25, 0.3) is 11.1 Å². The number of nitrogens with zero attached hydrogens (tertiary/aromatic N) is 1. The van der Waals surface area contributed by atoms with Crippen molar-refractivity contribution >= 4 is 0 Å². The van der Waals surface area contributed by atoms with Gasteiger partial charge in [0.1, 0.15) is 11.5 Å². The van der Waals surface area contributed by atoms with Crippen LogP contribution in [0, 0.1) is 23.7 Å². The SMILES string of the molecule is CCc1cc(-c2ccc(C)cc2)c(O)cc1OCCCCCC(C)(C)C#N. The molecular weight excluding hydrogens is 334 g/mol. The molecule has 0 aliphatic heterocycles. The molecule has 0 spiro atoms. The van der Waals surface area contributed by atoms with Crippen molar-refractivity contribution < 1.29 is 9.84 Å². The number of phenolic OH excluding ortho intramolecular Hbond substituents is 1. The zero-order chi connectivity index (χ0) is 19.9. The van der Waals surface area contributed by atoms with E-state index in [2.05, 4.69) is 32.0 Å². The molecule has 0 saturated carbocycles. The summed E-state index contributed by atoms with van der Waals surface area (Å²) in [5.74, 6) is 1.02. The molecule has 0 fully saturated rings. The van der Waals surface area contributed by atoms with E-state index in [-0.39, 0.29) is 11.2 Å². The molecular formula is C24H31NO2. The van der Waals surface area contributed by atoms with Crippen molar-refractivity contribution in [1.29, 1.82) is 5.26 Å². The highest BCUT2D eigenvalue weighted by molar-refractivity contribution is 5.72. The maximum Gasteiger partial charge on any atom is 0.127 e. The number of benzene rings is 2. The van der Waals surface area contributed by atoms with Crippen LogP contribution >= 0.6 is 0 Å². The van der Waals surface area contributed by atoms with Gasteiger partial charge in [-0.3, -0.25) is 0 Å². The normalized spacial score (nSPS) is 11.2. The molecule has 0 radical (unpaired) electrons. The third-order valence-electron chi connectivity index (χ3n) is 4.93. The fourth-order valence-corrected chi connectivity index (χ4v) is 3.07. The highest BCUT2D eigenvalue weighted by atomic mass is 16.5. The second kappa shape index (κ2) is 9.46. The zero-order valence-electron chi connectivity index (χ0n) is 17.0. The first-order valence-corrected chi connectivity index (χ1v) is 9.83. The van der Waals surface area contributed by atoms with Gasteiger partial charge in [-0.1, -0.05) is 49.6 Å². The van der Waals surface area contributed by atoms with Crippen LogP contribution < -0.4 is 4.74 Å². The van der Waals surface area contributed by atoms with Gasteiger partial charge in [0, 0.05) is 11.6 Å². The number of unbranched alkanes of at least 4 members (excludes halogenated alkanes) is 2. The summed E-state index contributed by atoms with van der Waals surface area (Å²) < 4.78 is 5.95. The molecule has 0 aliphatic rings. The van der Waals surface area contributed by atoms with Gasteiger partial charge in [0.15, 0.2) is 0 Å². The number of phenols is 1. The molecule has 2 aromatic rings. The number of aromatic hydroxyl groups is 1. The Morgan fingerprint density at radius 3 is 2.41 bits per heavy atom. The van der Waals surface area contributed by atoms with Gasteiger partial charge in [0.2, 0.25) is 0 Å².